The molecule has 0 spiro atoms. The van der Waals surface area contributed by atoms with Gasteiger partial charge in [-0.2, -0.15) is 13.2 Å². The molecule has 0 fully saturated rings. The van der Waals surface area contributed by atoms with Gasteiger partial charge in [0.1, 0.15) is 11.5 Å². The number of nitrogens with one attached hydrogen (secondary N) is 1. The molecule has 0 saturated carbocycles. The lowest BCUT2D eigenvalue weighted by Crippen LogP contribution is -2.25. The van der Waals surface area contributed by atoms with E-state index in [9.17, 15) is 13.2 Å². The number of anilines is 1. The maximum atomic E-state index is 12.4. The average Bonchev–Trinajstić information content (AvgIpc) is 2.28. The van der Waals surface area contributed by atoms with E-state index in [-0.39, 0.29) is 5.82 Å². The van der Waals surface area contributed by atoms with Gasteiger partial charge in [-0.3, -0.25) is 0 Å². The van der Waals surface area contributed by atoms with Crippen molar-refractivity contribution in [2.45, 2.75) is 13.1 Å². The summed E-state index contributed by atoms with van der Waals surface area (Å²) in [6, 6.07) is 3.84. The second-order valence-corrected chi connectivity index (χ2v) is 3.73. The summed E-state index contributed by atoms with van der Waals surface area (Å²) >= 11 is 0. The first-order valence-corrected chi connectivity index (χ1v) is 5.40. The van der Waals surface area contributed by atoms with Crippen molar-refractivity contribution in [2.75, 3.05) is 32.0 Å². The quantitative estimate of drug-likeness (QED) is 0.866. The van der Waals surface area contributed by atoms with Crippen molar-refractivity contribution in [1.29, 1.82) is 0 Å². The van der Waals surface area contributed by atoms with E-state index in [0.717, 1.165) is 19.2 Å². The number of nitrogens with zero attached hydrogens (tertiary/aromatic N) is 2. The molecule has 0 bridgehead atoms. The summed E-state index contributed by atoms with van der Waals surface area (Å²) in [6.07, 6.45) is -4.39. The van der Waals surface area contributed by atoms with E-state index >= 15 is 0 Å². The van der Waals surface area contributed by atoms with Crippen LogP contribution in [0.25, 0.3) is 0 Å². The highest BCUT2D eigenvalue weighted by Crippen LogP contribution is 2.27. The smallest absolute Gasteiger partial charge is 0.369 e. The third-order valence-electron chi connectivity index (χ3n) is 2.38. The van der Waals surface area contributed by atoms with Crippen molar-refractivity contribution in [2.24, 2.45) is 0 Å². The van der Waals surface area contributed by atoms with Gasteiger partial charge in [-0.15, -0.1) is 0 Å². The fourth-order valence-corrected chi connectivity index (χ4v) is 1.22. The number of rotatable bonds is 5. The van der Waals surface area contributed by atoms with E-state index in [1.807, 2.05) is 14.0 Å². The number of likely N-dealkylation sites (N-methyl/N-ethyl adjacent to an activating group) is 1. The van der Waals surface area contributed by atoms with Crippen molar-refractivity contribution in [3.8, 4) is 0 Å². The topological polar surface area (TPSA) is 28.2 Å². The van der Waals surface area contributed by atoms with Crippen LogP contribution in [0.15, 0.2) is 18.2 Å². The summed E-state index contributed by atoms with van der Waals surface area (Å²) < 4.78 is 37.1. The van der Waals surface area contributed by atoms with Gasteiger partial charge in [-0.1, -0.05) is 13.0 Å². The molecule has 0 unspecified atom stereocenters. The fourth-order valence-electron chi connectivity index (χ4n) is 1.22. The Morgan fingerprint density at radius 2 is 2.06 bits per heavy atom. The Bertz CT molecular complexity index is 352. The Kier molecular flexibility index (Phi) is 4.74. The third kappa shape index (κ3) is 4.60. The summed E-state index contributed by atoms with van der Waals surface area (Å²) in [5.41, 5.74) is -0.869. The molecule has 17 heavy (non-hydrogen) atoms. The Balaban J connectivity index is 2.55. The van der Waals surface area contributed by atoms with Crippen molar-refractivity contribution in [3.63, 3.8) is 0 Å². The van der Waals surface area contributed by atoms with Gasteiger partial charge < -0.3 is 10.2 Å². The van der Waals surface area contributed by atoms with Crippen LogP contribution in [0, 0.1) is 0 Å². The third-order valence-corrected chi connectivity index (χ3v) is 2.38. The standard InChI is InChI=1S/C11H16F3N3/c1-3-17(2)8-7-15-10-6-4-5-9(16-10)11(12,13)14/h4-6H,3,7-8H2,1-2H3,(H,15,16). The molecule has 6 heteroatoms. The van der Waals surface area contributed by atoms with Gasteiger partial charge in [0.25, 0.3) is 0 Å². The maximum absolute atomic E-state index is 12.4. The molecule has 0 aliphatic carbocycles. The molecule has 0 aliphatic heterocycles. The van der Waals surface area contributed by atoms with Crippen LogP contribution >= 0.6 is 0 Å². The lowest BCUT2D eigenvalue weighted by Gasteiger charge is -2.14. The Hall–Kier alpha value is -1.30. The molecule has 0 aromatic carbocycles. The fraction of sp³-hybridized carbons (Fsp3) is 0.545. The van der Waals surface area contributed by atoms with E-state index in [0.29, 0.717) is 6.54 Å². The first-order chi connectivity index (χ1) is 7.93. The van der Waals surface area contributed by atoms with Gasteiger partial charge in [-0.25, -0.2) is 4.98 Å². The summed E-state index contributed by atoms with van der Waals surface area (Å²) in [7, 11) is 1.95. The number of alkyl halides is 3. The predicted octanol–water partition coefficient (Wildman–Crippen LogP) is 2.46. The Morgan fingerprint density at radius 1 is 1.35 bits per heavy atom. The van der Waals surface area contributed by atoms with Gasteiger partial charge >= 0.3 is 6.18 Å². The normalized spacial score (nSPS) is 11.9. The van der Waals surface area contributed by atoms with Crippen LogP contribution in [0.4, 0.5) is 19.0 Å². The minimum atomic E-state index is -4.39. The molecule has 0 aliphatic rings. The minimum absolute atomic E-state index is 0.254. The molecule has 1 N–H and O–H groups in total. The van der Waals surface area contributed by atoms with E-state index in [1.165, 1.54) is 12.1 Å². The second kappa shape index (κ2) is 5.86. The summed E-state index contributed by atoms with van der Waals surface area (Å²) in [5, 5.41) is 2.87. The highest BCUT2D eigenvalue weighted by atomic mass is 19.4. The Labute approximate surface area is 98.6 Å². The summed E-state index contributed by atoms with van der Waals surface area (Å²) in [6.45, 7) is 4.24. The SMILES string of the molecule is CCN(C)CCNc1cccc(C(F)(F)F)n1. The molecule has 0 radical (unpaired) electrons. The highest BCUT2D eigenvalue weighted by molar-refractivity contribution is 5.35. The van der Waals surface area contributed by atoms with E-state index in [2.05, 4.69) is 15.2 Å². The zero-order valence-corrected chi connectivity index (χ0v) is 9.88. The van der Waals surface area contributed by atoms with Crippen molar-refractivity contribution >= 4 is 5.82 Å². The van der Waals surface area contributed by atoms with E-state index < -0.39 is 11.9 Å². The molecule has 1 aromatic heterocycles. The monoisotopic (exact) mass is 247 g/mol. The van der Waals surface area contributed by atoms with Crippen molar-refractivity contribution < 1.29 is 13.2 Å². The van der Waals surface area contributed by atoms with E-state index in [1.54, 1.807) is 0 Å². The number of halogens is 3. The van der Waals surface area contributed by atoms with Crippen LogP contribution < -0.4 is 5.32 Å². The molecule has 0 saturated heterocycles. The molecule has 1 aromatic rings. The summed E-state index contributed by atoms with van der Waals surface area (Å²) in [5.74, 6) is 0.254. The number of hydrogen-bond acceptors (Lipinski definition) is 3. The Morgan fingerprint density at radius 3 is 2.65 bits per heavy atom. The van der Waals surface area contributed by atoms with Crippen LogP contribution in [0.2, 0.25) is 0 Å². The molecular weight excluding hydrogens is 231 g/mol. The molecule has 1 heterocycles. The average molecular weight is 247 g/mol. The van der Waals surface area contributed by atoms with Crippen LogP contribution in [0.1, 0.15) is 12.6 Å². The largest absolute Gasteiger partial charge is 0.433 e. The zero-order chi connectivity index (χ0) is 12.9. The van der Waals surface area contributed by atoms with Gasteiger partial charge in [0.2, 0.25) is 0 Å². The zero-order valence-electron chi connectivity index (χ0n) is 9.88. The highest BCUT2D eigenvalue weighted by Gasteiger charge is 2.32. The number of aromatic nitrogens is 1. The lowest BCUT2D eigenvalue weighted by molar-refractivity contribution is -0.141. The molecule has 96 valence electrons. The van der Waals surface area contributed by atoms with Gasteiger partial charge in [0.05, 0.1) is 0 Å². The number of pyridine rings is 1. The minimum Gasteiger partial charge on any atom is -0.369 e. The van der Waals surface area contributed by atoms with Crippen molar-refractivity contribution in [1.82, 2.24) is 9.88 Å². The van der Waals surface area contributed by atoms with Crippen LogP contribution in [0.3, 0.4) is 0 Å². The maximum Gasteiger partial charge on any atom is 0.433 e. The molecule has 0 atom stereocenters. The molecular formula is C11H16F3N3. The van der Waals surface area contributed by atoms with Crippen LogP contribution in [-0.2, 0) is 6.18 Å². The van der Waals surface area contributed by atoms with Crippen molar-refractivity contribution in [3.05, 3.63) is 23.9 Å². The van der Waals surface area contributed by atoms with Gasteiger partial charge in [0, 0.05) is 13.1 Å². The second-order valence-electron chi connectivity index (χ2n) is 3.73. The first kappa shape index (κ1) is 13.8. The molecule has 0 amide bonds. The van der Waals surface area contributed by atoms with E-state index in [4.69, 9.17) is 0 Å². The summed E-state index contributed by atoms with van der Waals surface area (Å²) in [4.78, 5) is 5.57. The first-order valence-electron chi connectivity index (χ1n) is 5.40. The number of hydrogen-bond donors (Lipinski definition) is 1. The van der Waals surface area contributed by atoms with Crippen LogP contribution in [0.5, 0.6) is 0 Å². The van der Waals surface area contributed by atoms with Gasteiger partial charge in [0.15, 0.2) is 0 Å². The predicted molar refractivity (Wildman–Crippen MR) is 60.9 cm³/mol. The van der Waals surface area contributed by atoms with Gasteiger partial charge in [-0.05, 0) is 25.7 Å². The molecule has 1 rings (SSSR count). The molecule has 3 nitrogen and oxygen atoms in total. The van der Waals surface area contributed by atoms with Crippen LogP contribution in [-0.4, -0.2) is 36.6 Å². The lowest BCUT2D eigenvalue weighted by atomic mass is 10.3.